The molecule has 3 heteroatoms. The Morgan fingerprint density at radius 1 is 1.46 bits per heavy atom. The van der Waals surface area contributed by atoms with Gasteiger partial charge in [0.2, 0.25) is 5.91 Å². The number of hydrogen-bond acceptors (Lipinski definition) is 2. The first-order valence-corrected chi connectivity index (χ1v) is 3.88. The SMILES string of the molecule is C=CCC(=C)[C](C(N)=O)C(N)C=C. The fraction of sp³-hybridized carbons (Fsp3) is 0.200. The number of carbonyl (C=O) groups excluding carboxylic acids is 1. The molecular weight excluding hydrogens is 164 g/mol. The molecule has 1 unspecified atom stereocenters. The third-order valence-electron chi connectivity index (χ3n) is 1.62. The van der Waals surface area contributed by atoms with Crippen LogP contribution < -0.4 is 11.5 Å². The van der Waals surface area contributed by atoms with Gasteiger partial charge < -0.3 is 11.5 Å². The number of allylic oxidation sites excluding steroid dienone is 1. The molecular formula is C10H15N2O. The van der Waals surface area contributed by atoms with Gasteiger partial charge in [-0.25, -0.2) is 0 Å². The van der Waals surface area contributed by atoms with Crippen LogP contribution in [0.2, 0.25) is 0 Å². The van der Waals surface area contributed by atoms with Crippen molar-refractivity contribution >= 4 is 5.91 Å². The standard InChI is InChI=1S/C10H15N2O/c1-4-6-7(3)9(10(12)13)8(11)5-2/h4-5,8H,1-3,6,11H2,(H2,12,13). The Bertz CT molecular complexity index is 233. The zero-order chi connectivity index (χ0) is 10.4. The fourth-order valence-electron chi connectivity index (χ4n) is 0.976. The molecule has 0 aromatic heterocycles. The highest BCUT2D eigenvalue weighted by Crippen LogP contribution is 2.18. The minimum Gasteiger partial charge on any atom is -0.369 e. The van der Waals surface area contributed by atoms with Crippen LogP contribution in [-0.4, -0.2) is 11.9 Å². The van der Waals surface area contributed by atoms with Crippen molar-refractivity contribution in [3.63, 3.8) is 0 Å². The Morgan fingerprint density at radius 3 is 2.31 bits per heavy atom. The number of hydrogen-bond donors (Lipinski definition) is 2. The van der Waals surface area contributed by atoms with E-state index in [-0.39, 0.29) is 0 Å². The van der Waals surface area contributed by atoms with E-state index in [1.165, 1.54) is 6.08 Å². The lowest BCUT2D eigenvalue weighted by atomic mass is 9.90. The maximum Gasteiger partial charge on any atom is 0.231 e. The molecule has 0 saturated carbocycles. The largest absolute Gasteiger partial charge is 0.369 e. The van der Waals surface area contributed by atoms with Crippen LogP contribution in [-0.2, 0) is 4.79 Å². The van der Waals surface area contributed by atoms with Gasteiger partial charge in [0.05, 0.1) is 0 Å². The van der Waals surface area contributed by atoms with E-state index in [1.807, 2.05) is 0 Å². The van der Waals surface area contributed by atoms with E-state index < -0.39 is 11.9 Å². The van der Waals surface area contributed by atoms with Gasteiger partial charge in [-0.15, -0.1) is 13.2 Å². The average Bonchev–Trinajstić information content (AvgIpc) is 2.04. The molecule has 4 N–H and O–H groups in total. The quantitative estimate of drug-likeness (QED) is 0.589. The lowest BCUT2D eigenvalue weighted by Gasteiger charge is -2.18. The van der Waals surface area contributed by atoms with Gasteiger partial charge in [-0.2, -0.15) is 0 Å². The summed E-state index contributed by atoms with van der Waals surface area (Å²) in [4.78, 5) is 11.0. The summed E-state index contributed by atoms with van der Waals surface area (Å²) in [6.07, 6.45) is 3.59. The second kappa shape index (κ2) is 5.32. The molecule has 0 aliphatic heterocycles. The van der Waals surface area contributed by atoms with Gasteiger partial charge in [0.25, 0.3) is 0 Å². The molecule has 1 atom stereocenters. The molecule has 0 spiro atoms. The minimum absolute atomic E-state index is 0.315. The third kappa shape index (κ3) is 3.25. The molecule has 1 radical (unpaired) electrons. The smallest absolute Gasteiger partial charge is 0.231 e. The highest BCUT2D eigenvalue weighted by atomic mass is 16.1. The van der Waals surface area contributed by atoms with Crippen molar-refractivity contribution in [2.24, 2.45) is 11.5 Å². The van der Waals surface area contributed by atoms with E-state index in [4.69, 9.17) is 11.5 Å². The molecule has 0 aliphatic carbocycles. The van der Waals surface area contributed by atoms with E-state index >= 15 is 0 Å². The van der Waals surface area contributed by atoms with Crippen LogP contribution in [0.3, 0.4) is 0 Å². The Hall–Kier alpha value is -1.35. The summed E-state index contributed by atoms with van der Waals surface area (Å²) in [6, 6.07) is -0.551. The van der Waals surface area contributed by atoms with Crippen molar-refractivity contribution in [3.05, 3.63) is 43.4 Å². The van der Waals surface area contributed by atoms with E-state index in [0.29, 0.717) is 17.9 Å². The molecule has 0 bridgehead atoms. The highest BCUT2D eigenvalue weighted by Gasteiger charge is 2.24. The Kier molecular flexibility index (Phi) is 4.77. The monoisotopic (exact) mass is 179 g/mol. The van der Waals surface area contributed by atoms with Crippen molar-refractivity contribution in [1.29, 1.82) is 0 Å². The summed E-state index contributed by atoms with van der Waals surface area (Å²) in [5, 5.41) is 0. The van der Waals surface area contributed by atoms with Crippen molar-refractivity contribution < 1.29 is 4.79 Å². The summed E-state index contributed by atoms with van der Waals surface area (Å²) in [5.41, 5.74) is 11.3. The molecule has 71 valence electrons. The number of amides is 1. The molecule has 1 amide bonds. The number of nitrogens with two attached hydrogens (primary N) is 2. The van der Waals surface area contributed by atoms with Crippen molar-refractivity contribution in [1.82, 2.24) is 0 Å². The van der Waals surface area contributed by atoms with E-state index in [9.17, 15) is 4.79 Å². The molecule has 0 aromatic rings. The topological polar surface area (TPSA) is 69.1 Å². The molecule has 13 heavy (non-hydrogen) atoms. The molecule has 0 rings (SSSR count). The first kappa shape index (κ1) is 11.6. The lowest BCUT2D eigenvalue weighted by Crippen LogP contribution is -2.36. The van der Waals surface area contributed by atoms with Gasteiger partial charge >= 0.3 is 0 Å². The number of carbonyl (C=O) groups is 1. The second-order valence-electron chi connectivity index (χ2n) is 2.64. The van der Waals surface area contributed by atoms with Gasteiger partial charge in [0, 0.05) is 6.04 Å². The van der Waals surface area contributed by atoms with Crippen LogP contribution in [0.15, 0.2) is 37.5 Å². The van der Waals surface area contributed by atoms with Crippen molar-refractivity contribution in [2.75, 3.05) is 0 Å². The average molecular weight is 179 g/mol. The molecule has 0 aromatic carbocycles. The Balaban J connectivity index is 4.59. The minimum atomic E-state index is -0.556. The van der Waals surface area contributed by atoms with Crippen LogP contribution in [0.5, 0.6) is 0 Å². The fourth-order valence-corrected chi connectivity index (χ4v) is 0.976. The maximum atomic E-state index is 11.0. The van der Waals surface area contributed by atoms with E-state index in [1.54, 1.807) is 6.08 Å². The van der Waals surface area contributed by atoms with Gasteiger partial charge in [0.1, 0.15) is 5.92 Å². The number of primary amides is 1. The predicted octanol–water partition coefficient (Wildman–Crippen LogP) is 0.692. The van der Waals surface area contributed by atoms with Gasteiger partial charge in [0.15, 0.2) is 0 Å². The molecule has 0 aliphatic rings. The summed E-state index contributed by atoms with van der Waals surface area (Å²) in [6.45, 7) is 10.7. The van der Waals surface area contributed by atoms with Crippen LogP contribution in [0.25, 0.3) is 0 Å². The van der Waals surface area contributed by atoms with Gasteiger partial charge in [-0.05, 0) is 6.42 Å². The van der Waals surface area contributed by atoms with Crippen LogP contribution >= 0.6 is 0 Å². The second-order valence-corrected chi connectivity index (χ2v) is 2.64. The summed E-state index contributed by atoms with van der Waals surface area (Å²) >= 11 is 0. The predicted molar refractivity (Wildman–Crippen MR) is 54.6 cm³/mol. The molecule has 0 fully saturated rings. The maximum absolute atomic E-state index is 11.0. The molecule has 0 heterocycles. The zero-order valence-corrected chi connectivity index (χ0v) is 7.62. The first-order valence-electron chi connectivity index (χ1n) is 3.88. The van der Waals surface area contributed by atoms with Gasteiger partial charge in [-0.1, -0.05) is 24.3 Å². The van der Waals surface area contributed by atoms with E-state index in [0.717, 1.165) is 0 Å². The normalized spacial score (nSPS) is 12.2. The third-order valence-corrected chi connectivity index (χ3v) is 1.62. The van der Waals surface area contributed by atoms with Crippen LogP contribution in [0, 0.1) is 5.92 Å². The summed E-state index contributed by atoms with van der Waals surface area (Å²) in [7, 11) is 0. The van der Waals surface area contributed by atoms with Crippen LogP contribution in [0.1, 0.15) is 6.42 Å². The lowest BCUT2D eigenvalue weighted by molar-refractivity contribution is -0.116. The molecule has 0 saturated heterocycles. The molecule has 3 nitrogen and oxygen atoms in total. The zero-order valence-electron chi connectivity index (χ0n) is 7.62. The van der Waals surface area contributed by atoms with E-state index in [2.05, 4.69) is 19.7 Å². The van der Waals surface area contributed by atoms with Crippen molar-refractivity contribution in [3.8, 4) is 0 Å². The summed E-state index contributed by atoms with van der Waals surface area (Å²) < 4.78 is 0. The van der Waals surface area contributed by atoms with Crippen LogP contribution in [0.4, 0.5) is 0 Å². The Morgan fingerprint density at radius 2 is 2.00 bits per heavy atom. The number of rotatable bonds is 6. The summed E-state index contributed by atoms with van der Waals surface area (Å²) in [5.74, 6) is -0.242. The Labute approximate surface area is 78.8 Å². The highest BCUT2D eigenvalue weighted by molar-refractivity contribution is 5.94. The van der Waals surface area contributed by atoms with Crippen molar-refractivity contribution in [2.45, 2.75) is 12.5 Å². The first-order chi connectivity index (χ1) is 6.04. The van der Waals surface area contributed by atoms with Gasteiger partial charge in [-0.3, -0.25) is 4.79 Å².